The molecule has 0 bridgehead atoms. The van der Waals surface area contributed by atoms with Gasteiger partial charge >= 0.3 is 0 Å². The molecule has 1 amide bonds. The summed E-state index contributed by atoms with van der Waals surface area (Å²) < 4.78 is 25.2. The van der Waals surface area contributed by atoms with Crippen molar-refractivity contribution in [2.24, 2.45) is 0 Å². The van der Waals surface area contributed by atoms with E-state index in [1.807, 2.05) is 0 Å². The number of carbonyl (C=O) groups excluding carboxylic acids is 1. The molecule has 1 aliphatic rings. The molecule has 0 spiro atoms. The van der Waals surface area contributed by atoms with Crippen LogP contribution in [0.15, 0.2) is 18.2 Å². The smallest absolute Gasteiger partial charge is 0.256 e. The van der Waals surface area contributed by atoms with Crippen molar-refractivity contribution in [2.45, 2.75) is 25.7 Å². The lowest BCUT2D eigenvalue weighted by atomic mass is 10.1. The number of likely N-dealkylation sites (tertiary alicyclic amines) is 1. The van der Waals surface area contributed by atoms with E-state index in [0.29, 0.717) is 23.7 Å². The standard InChI is InChI=1S/C14H19ClN2O3S/c1-21(19,20)16-13-7-6-11(15)10-12(13)14(18)17-8-4-2-3-5-9-17/h6-7,10,16H,2-5,8-9H2,1H3. The van der Waals surface area contributed by atoms with E-state index in [2.05, 4.69) is 4.72 Å². The van der Waals surface area contributed by atoms with Gasteiger partial charge in [-0.2, -0.15) is 0 Å². The molecule has 0 aliphatic carbocycles. The van der Waals surface area contributed by atoms with Crippen LogP contribution in [0.5, 0.6) is 0 Å². The number of carbonyl (C=O) groups is 1. The second kappa shape index (κ2) is 6.66. The number of anilines is 1. The fourth-order valence-electron chi connectivity index (χ4n) is 2.43. The summed E-state index contributed by atoms with van der Waals surface area (Å²) >= 11 is 5.96. The van der Waals surface area contributed by atoms with Crippen molar-refractivity contribution < 1.29 is 13.2 Å². The van der Waals surface area contributed by atoms with Gasteiger partial charge in [-0.3, -0.25) is 9.52 Å². The summed E-state index contributed by atoms with van der Waals surface area (Å²) in [6.07, 6.45) is 5.24. The third-order valence-electron chi connectivity index (χ3n) is 3.40. The van der Waals surface area contributed by atoms with Gasteiger partial charge in [0.05, 0.1) is 17.5 Å². The first-order chi connectivity index (χ1) is 9.87. The number of sulfonamides is 1. The van der Waals surface area contributed by atoms with Crippen LogP contribution in [-0.2, 0) is 10.0 Å². The molecule has 0 atom stereocenters. The first-order valence-electron chi connectivity index (χ1n) is 6.93. The van der Waals surface area contributed by atoms with Crippen molar-refractivity contribution in [3.8, 4) is 0 Å². The van der Waals surface area contributed by atoms with E-state index in [1.54, 1.807) is 11.0 Å². The molecule has 1 aromatic carbocycles. The molecule has 1 fully saturated rings. The molecule has 21 heavy (non-hydrogen) atoms. The van der Waals surface area contributed by atoms with E-state index < -0.39 is 10.0 Å². The minimum atomic E-state index is -3.45. The Bertz CT molecular complexity index is 623. The Morgan fingerprint density at radius 3 is 2.38 bits per heavy atom. The van der Waals surface area contributed by atoms with Gasteiger partial charge in [0.2, 0.25) is 10.0 Å². The first kappa shape index (κ1) is 16.1. The molecule has 116 valence electrons. The Kier molecular flexibility index (Phi) is 5.11. The predicted molar refractivity (Wildman–Crippen MR) is 84.3 cm³/mol. The topological polar surface area (TPSA) is 66.5 Å². The second-order valence-corrected chi connectivity index (χ2v) is 7.46. The zero-order valence-corrected chi connectivity index (χ0v) is 13.5. The van der Waals surface area contributed by atoms with E-state index in [4.69, 9.17) is 11.6 Å². The first-order valence-corrected chi connectivity index (χ1v) is 9.20. The highest BCUT2D eigenvalue weighted by Gasteiger charge is 2.21. The Morgan fingerprint density at radius 2 is 1.81 bits per heavy atom. The van der Waals surface area contributed by atoms with E-state index in [0.717, 1.165) is 31.9 Å². The lowest BCUT2D eigenvalue weighted by Gasteiger charge is -2.22. The zero-order valence-electron chi connectivity index (χ0n) is 11.9. The number of amides is 1. The third kappa shape index (κ3) is 4.61. The van der Waals surface area contributed by atoms with Crippen LogP contribution in [0.4, 0.5) is 5.69 Å². The van der Waals surface area contributed by atoms with Gasteiger partial charge in [0.25, 0.3) is 5.91 Å². The molecule has 1 aliphatic heterocycles. The van der Waals surface area contributed by atoms with Gasteiger partial charge in [0.15, 0.2) is 0 Å². The van der Waals surface area contributed by atoms with Crippen LogP contribution in [0.25, 0.3) is 0 Å². The van der Waals surface area contributed by atoms with Crippen LogP contribution in [0.1, 0.15) is 36.0 Å². The van der Waals surface area contributed by atoms with Gasteiger partial charge in [-0.15, -0.1) is 0 Å². The summed E-state index contributed by atoms with van der Waals surface area (Å²) in [6.45, 7) is 1.40. The average molecular weight is 331 g/mol. The van der Waals surface area contributed by atoms with Gasteiger partial charge < -0.3 is 4.90 Å². The molecular formula is C14H19ClN2O3S. The van der Waals surface area contributed by atoms with Gasteiger partial charge in [-0.1, -0.05) is 24.4 Å². The largest absolute Gasteiger partial charge is 0.339 e. The number of rotatable bonds is 3. The van der Waals surface area contributed by atoms with E-state index >= 15 is 0 Å². The minimum Gasteiger partial charge on any atom is -0.339 e. The maximum absolute atomic E-state index is 12.6. The second-order valence-electron chi connectivity index (χ2n) is 5.27. The molecule has 0 saturated carbocycles. The van der Waals surface area contributed by atoms with Crippen molar-refractivity contribution in [3.05, 3.63) is 28.8 Å². The summed E-state index contributed by atoms with van der Waals surface area (Å²) in [7, 11) is -3.45. The SMILES string of the molecule is CS(=O)(=O)Nc1ccc(Cl)cc1C(=O)N1CCCCCC1. The van der Waals surface area contributed by atoms with Gasteiger partial charge in [-0.25, -0.2) is 8.42 Å². The third-order valence-corrected chi connectivity index (χ3v) is 4.23. The van der Waals surface area contributed by atoms with Gasteiger partial charge in [-0.05, 0) is 31.0 Å². The molecule has 7 heteroatoms. The quantitative estimate of drug-likeness (QED) is 0.926. The van der Waals surface area contributed by atoms with Crippen molar-refractivity contribution >= 4 is 33.2 Å². The van der Waals surface area contributed by atoms with Crippen LogP contribution < -0.4 is 4.72 Å². The predicted octanol–water partition coefficient (Wildman–Crippen LogP) is 2.73. The fraction of sp³-hybridized carbons (Fsp3) is 0.500. The number of nitrogens with one attached hydrogen (secondary N) is 1. The van der Waals surface area contributed by atoms with Crippen LogP contribution in [0.2, 0.25) is 5.02 Å². The molecule has 1 aromatic rings. The van der Waals surface area contributed by atoms with Crippen molar-refractivity contribution in [1.82, 2.24) is 4.90 Å². The summed E-state index contributed by atoms with van der Waals surface area (Å²) in [4.78, 5) is 14.4. The molecule has 0 unspecified atom stereocenters. The molecule has 0 aromatic heterocycles. The molecule has 5 nitrogen and oxygen atoms in total. The lowest BCUT2D eigenvalue weighted by Crippen LogP contribution is -2.32. The summed E-state index contributed by atoms with van der Waals surface area (Å²) in [5.41, 5.74) is 0.575. The number of benzene rings is 1. The Balaban J connectivity index is 2.32. The monoisotopic (exact) mass is 330 g/mol. The van der Waals surface area contributed by atoms with Crippen molar-refractivity contribution in [1.29, 1.82) is 0 Å². The van der Waals surface area contributed by atoms with Crippen LogP contribution in [0, 0.1) is 0 Å². The highest BCUT2D eigenvalue weighted by atomic mass is 35.5. The van der Waals surface area contributed by atoms with Crippen molar-refractivity contribution in [2.75, 3.05) is 24.1 Å². The molecule has 2 rings (SSSR count). The molecular weight excluding hydrogens is 312 g/mol. The van der Waals surface area contributed by atoms with Gasteiger partial charge in [0.1, 0.15) is 0 Å². The molecule has 1 heterocycles. The average Bonchev–Trinajstić information content (AvgIpc) is 2.67. The number of nitrogens with zero attached hydrogens (tertiary/aromatic N) is 1. The Morgan fingerprint density at radius 1 is 1.19 bits per heavy atom. The van der Waals surface area contributed by atoms with E-state index in [9.17, 15) is 13.2 Å². The van der Waals surface area contributed by atoms with Crippen LogP contribution in [0.3, 0.4) is 0 Å². The number of hydrogen-bond acceptors (Lipinski definition) is 3. The van der Waals surface area contributed by atoms with Crippen LogP contribution in [-0.4, -0.2) is 38.6 Å². The normalized spacial score (nSPS) is 16.4. The summed E-state index contributed by atoms with van der Waals surface area (Å²) in [6, 6.07) is 4.60. The fourth-order valence-corrected chi connectivity index (χ4v) is 3.18. The highest BCUT2D eigenvalue weighted by molar-refractivity contribution is 7.92. The van der Waals surface area contributed by atoms with Crippen molar-refractivity contribution in [3.63, 3.8) is 0 Å². The zero-order chi connectivity index (χ0) is 15.5. The Labute approximate surface area is 130 Å². The molecule has 0 radical (unpaired) electrons. The maximum Gasteiger partial charge on any atom is 0.256 e. The van der Waals surface area contributed by atoms with E-state index in [-0.39, 0.29) is 11.6 Å². The number of halogens is 1. The minimum absolute atomic E-state index is 0.175. The molecule has 1 saturated heterocycles. The Hall–Kier alpha value is -1.27. The summed E-state index contributed by atoms with van der Waals surface area (Å²) in [5.74, 6) is -0.175. The van der Waals surface area contributed by atoms with E-state index in [1.165, 1.54) is 12.1 Å². The summed E-state index contributed by atoms with van der Waals surface area (Å²) in [5, 5.41) is 0.409. The van der Waals surface area contributed by atoms with Crippen LogP contribution >= 0.6 is 11.6 Å². The lowest BCUT2D eigenvalue weighted by molar-refractivity contribution is 0.0762. The van der Waals surface area contributed by atoms with Gasteiger partial charge in [0, 0.05) is 18.1 Å². The highest BCUT2D eigenvalue weighted by Crippen LogP contribution is 2.24. The maximum atomic E-state index is 12.6. The molecule has 1 N–H and O–H groups in total. The number of hydrogen-bond donors (Lipinski definition) is 1.